The van der Waals surface area contributed by atoms with Crippen LogP contribution in [0.3, 0.4) is 0 Å². The molecule has 0 aliphatic heterocycles. The third-order valence-corrected chi connectivity index (χ3v) is 3.22. The lowest BCUT2D eigenvalue weighted by Gasteiger charge is -2.17. The van der Waals surface area contributed by atoms with E-state index in [-0.39, 0.29) is 6.61 Å². The fraction of sp³-hybridized carbons (Fsp3) is 0.500. The zero-order valence-electron chi connectivity index (χ0n) is 11.1. The average molecular weight is 247 g/mol. The van der Waals surface area contributed by atoms with Crippen molar-refractivity contribution in [2.45, 2.75) is 32.8 Å². The van der Waals surface area contributed by atoms with Crippen molar-refractivity contribution >= 4 is 11.5 Å². The quantitative estimate of drug-likeness (QED) is 0.797. The molecule has 18 heavy (non-hydrogen) atoms. The second kappa shape index (κ2) is 5.87. The molecule has 0 bridgehead atoms. The molecule has 0 saturated carbocycles. The van der Waals surface area contributed by atoms with Crippen molar-refractivity contribution in [3.05, 3.63) is 30.1 Å². The topological polar surface area (TPSA) is 40.8 Å². The number of hydrogen-bond donors (Lipinski definition) is 1. The maximum absolute atomic E-state index is 9.54. The molecule has 0 aliphatic rings. The zero-order chi connectivity index (χ0) is 13.0. The minimum Gasteiger partial charge on any atom is -0.390 e. The molecule has 1 N–H and O–H groups in total. The van der Waals surface area contributed by atoms with E-state index in [1.807, 2.05) is 35.8 Å². The Morgan fingerprint density at radius 3 is 2.89 bits per heavy atom. The monoisotopic (exact) mass is 247 g/mol. The number of aliphatic hydroxyl groups is 1. The Hall–Kier alpha value is -1.55. The summed E-state index contributed by atoms with van der Waals surface area (Å²) in [7, 11) is 2.04. The molecule has 0 aromatic carbocycles. The van der Waals surface area contributed by atoms with Crippen LogP contribution in [0, 0.1) is 0 Å². The Kier molecular flexibility index (Phi) is 4.20. The van der Waals surface area contributed by atoms with E-state index in [4.69, 9.17) is 0 Å². The molecule has 98 valence electrons. The van der Waals surface area contributed by atoms with Gasteiger partial charge in [0, 0.05) is 19.8 Å². The van der Waals surface area contributed by atoms with Crippen molar-refractivity contribution in [2.24, 2.45) is 0 Å². The Morgan fingerprint density at radius 1 is 1.33 bits per heavy atom. The van der Waals surface area contributed by atoms with Gasteiger partial charge >= 0.3 is 0 Å². The third kappa shape index (κ3) is 2.48. The first kappa shape index (κ1) is 12.9. The summed E-state index contributed by atoms with van der Waals surface area (Å²) in [5, 5.41) is 9.54. The summed E-state index contributed by atoms with van der Waals surface area (Å²) in [5.74, 6) is 0.889. The van der Waals surface area contributed by atoms with E-state index in [0.717, 1.165) is 30.1 Å². The maximum Gasteiger partial charge on any atom is 0.153 e. The lowest BCUT2D eigenvalue weighted by atomic mass is 10.2. The van der Waals surface area contributed by atoms with E-state index >= 15 is 0 Å². The Labute approximate surface area is 108 Å². The number of nitrogens with zero attached hydrogens (tertiary/aromatic N) is 3. The third-order valence-electron chi connectivity index (χ3n) is 3.22. The van der Waals surface area contributed by atoms with Gasteiger partial charge in [0.25, 0.3) is 0 Å². The van der Waals surface area contributed by atoms with Crippen molar-refractivity contribution in [3.63, 3.8) is 0 Å². The van der Waals surface area contributed by atoms with Crippen molar-refractivity contribution < 1.29 is 5.11 Å². The first-order chi connectivity index (χ1) is 8.77. The van der Waals surface area contributed by atoms with Crippen LogP contribution in [0.2, 0.25) is 0 Å². The van der Waals surface area contributed by atoms with Crippen molar-refractivity contribution in [1.29, 1.82) is 0 Å². The molecule has 2 aromatic rings. The predicted molar refractivity (Wildman–Crippen MR) is 73.9 cm³/mol. The highest BCUT2D eigenvalue weighted by Crippen LogP contribution is 2.21. The average Bonchev–Trinajstić information content (AvgIpc) is 2.77. The van der Waals surface area contributed by atoms with Crippen LogP contribution in [0.15, 0.2) is 24.4 Å². The molecule has 0 radical (unpaired) electrons. The molecule has 0 amide bonds. The van der Waals surface area contributed by atoms with Crippen LogP contribution in [0.1, 0.15) is 31.9 Å². The van der Waals surface area contributed by atoms with E-state index < -0.39 is 0 Å². The van der Waals surface area contributed by atoms with Crippen molar-refractivity contribution in [1.82, 2.24) is 9.38 Å². The standard InChI is InChI=1S/C14H21N3O/c1-3-4-6-9-16(2)14-12(11-18)17-10-7-5-8-13(17)15-14/h5,7-8,10,18H,3-4,6,9,11H2,1-2H3. The predicted octanol–water partition coefficient (Wildman–Crippen LogP) is 2.45. The highest BCUT2D eigenvalue weighted by Gasteiger charge is 2.14. The Morgan fingerprint density at radius 2 is 2.17 bits per heavy atom. The number of aliphatic hydroxyl groups excluding tert-OH is 1. The molecule has 0 unspecified atom stereocenters. The fourth-order valence-electron chi connectivity index (χ4n) is 2.19. The highest BCUT2D eigenvalue weighted by molar-refractivity contribution is 5.55. The molecule has 0 spiro atoms. The SMILES string of the molecule is CCCCCN(C)c1nc2ccccn2c1CO. The summed E-state index contributed by atoms with van der Waals surface area (Å²) in [6.07, 6.45) is 5.54. The molecule has 2 aromatic heterocycles. The largest absolute Gasteiger partial charge is 0.390 e. The van der Waals surface area contributed by atoms with Gasteiger partial charge in [0.05, 0.1) is 12.3 Å². The molecule has 2 rings (SSSR count). The van der Waals surface area contributed by atoms with Gasteiger partial charge in [0.15, 0.2) is 5.82 Å². The lowest BCUT2D eigenvalue weighted by molar-refractivity contribution is 0.276. The van der Waals surface area contributed by atoms with Crippen LogP contribution < -0.4 is 4.90 Å². The van der Waals surface area contributed by atoms with Gasteiger partial charge in [-0.05, 0) is 18.6 Å². The number of unbranched alkanes of at least 4 members (excludes halogenated alkanes) is 2. The smallest absolute Gasteiger partial charge is 0.153 e. The van der Waals surface area contributed by atoms with E-state index in [1.54, 1.807) is 0 Å². The molecule has 0 saturated heterocycles. The lowest BCUT2D eigenvalue weighted by Crippen LogP contribution is -2.20. The molecule has 0 aliphatic carbocycles. The molecule has 0 fully saturated rings. The number of hydrogen-bond acceptors (Lipinski definition) is 3. The number of imidazole rings is 1. The van der Waals surface area contributed by atoms with Crippen molar-refractivity contribution in [3.8, 4) is 0 Å². The summed E-state index contributed by atoms with van der Waals surface area (Å²) in [6.45, 7) is 3.19. The highest BCUT2D eigenvalue weighted by atomic mass is 16.3. The van der Waals surface area contributed by atoms with Gasteiger partial charge in [-0.3, -0.25) is 4.40 Å². The van der Waals surface area contributed by atoms with Crippen LogP contribution >= 0.6 is 0 Å². The summed E-state index contributed by atoms with van der Waals surface area (Å²) in [5.41, 5.74) is 1.75. The number of rotatable bonds is 6. The van der Waals surface area contributed by atoms with Crippen LogP contribution in [-0.2, 0) is 6.61 Å². The molecular weight excluding hydrogens is 226 g/mol. The Balaban J connectivity index is 2.26. The van der Waals surface area contributed by atoms with E-state index in [1.165, 1.54) is 12.8 Å². The second-order valence-corrected chi connectivity index (χ2v) is 4.60. The van der Waals surface area contributed by atoms with Crippen LogP contribution in [0.5, 0.6) is 0 Å². The first-order valence-corrected chi connectivity index (χ1v) is 6.56. The van der Waals surface area contributed by atoms with E-state index in [2.05, 4.69) is 16.8 Å². The van der Waals surface area contributed by atoms with E-state index in [0.29, 0.717) is 0 Å². The van der Waals surface area contributed by atoms with Gasteiger partial charge in [0.2, 0.25) is 0 Å². The second-order valence-electron chi connectivity index (χ2n) is 4.60. The van der Waals surface area contributed by atoms with Gasteiger partial charge in [-0.2, -0.15) is 0 Å². The van der Waals surface area contributed by atoms with Gasteiger partial charge in [-0.15, -0.1) is 0 Å². The summed E-state index contributed by atoms with van der Waals surface area (Å²) >= 11 is 0. The van der Waals surface area contributed by atoms with Gasteiger partial charge in [-0.1, -0.05) is 25.8 Å². The van der Waals surface area contributed by atoms with Gasteiger partial charge in [0.1, 0.15) is 5.65 Å². The number of pyridine rings is 1. The molecule has 2 heterocycles. The van der Waals surface area contributed by atoms with Crippen LogP contribution in [-0.4, -0.2) is 28.1 Å². The number of aromatic nitrogens is 2. The number of anilines is 1. The minimum atomic E-state index is 0.0125. The van der Waals surface area contributed by atoms with Gasteiger partial charge in [-0.25, -0.2) is 4.98 Å². The molecule has 4 heteroatoms. The normalized spacial score (nSPS) is 11.1. The first-order valence-electron chi connectivity index (χ1n) is 6.56. The van der Waals surface area contributed by atoms with Crippen molar-refractivity contribution in [2.75, 3.05) is 18.5 Å². The van der Waals surface area contributed by atoms with E-state index in [9.17, 15) is 5.11 Å². The summed E-state index contributed by atoms with van der Waals surface area (Å²) in [6, 6.07) is 5.88. The number of fused-ring (bicyclic) bond motifs is 1. The minimum absolute atomic E-state index is 0.0125. The maximum atomic E-state index is 9.54. The van der Waals surface area contributed by atoms with Crippen LogP contribution in [0.4, 0.5) is 5.82 Å². The molecule has 0 atom stereocenters. The van der Waals surface area contributed by atoms with Crippen LogP contribution in [0.25, 0.3) is 5.65 Å². The molecular formula is C14H21N3O. The summed E-state index contributed by atoms with van der Waals surface area (Å²) in [4.78, 5) is 6.72. The zero-order valence-corrected chi connectivity index (χ0v) is 11.1. The van der Waals surface area contributed by atoms with Gasteiger partial charge < -0.3 is 10.0 Å². The molecule has 4 nitrogen and oxygen atoms in total. The Bertz CT molecular complexity index is 507. The fourth-order valence-corrected chi connectivity index (χ4v) is 2.19. The summed E-state index contributed by atoms with van der Waals surface area (Å²) < 4.78 is 1.95.